The lowest BCUT2D eigenvalue weighted by Gasteiger charge is -2.21. The Balaban J connectivity index is 1.85. The number of amides is 1. The van der Waals surface area contributed by atoms with Crippen molar-refractivity contribution in [3.63, 3.8) is 0 Å². The van der Waals surface area contributed by atoms with Crippen molar-refractivity contribution in [2.75, 3.05) is 13.2 Å². The highest BCUT2D eigenvalue weighted by Gasteiger charge is 2.16. The average molecular weight is 364 g/mol. The Hall–Kier alpha value is -3.08. The zero-order chi connectivity index (χ0) is 19.4. The van der Waals surface area contributed by atoms with Crippen LogP contribution in [0.3, 0.4) is 0 Å². The predicted molar refractivity (Wildman–Crippen MR) is 107 cm³/mol. The molecule has 5 nitrogen and oxygen atoms in total. The first kappa shape index (κ1) is 18.7. The maximum Gasteiger partial charge on any atom is 0.254 e. The molecule has 2 aromatic carbocycles. The highest BCUT2D eigenvalue weighted by molar-refractivity contribution is 5.94. The number of carbonyl (C=O) groups excluding carboxylic acids is 1. The summed E-state index contributed by atoms with van der Waals surface area (Å²) in [6.45, 7) is 7.20. The summed E-state index contributed by atoms with van der Waals surface area (Å²) in [5.41, 5.74) is 2.92. The Bertz CT molecular complexity index is 1010. The number of ether oxygens (including phenoxy) is 1. The lowest BCUT2D eigenvalue weighted by Crippen LogP contribution is -2.32. The quantitative estimate of drug-likeness (QED) is 0.722. The number of nitrogens with one attached hydrogen (secondary N) is 1. The largest absolute Gasteiger partial charge is 0.494 e. The van der Waals surface area contributed by atoms with Gasteiger partial charge in [-0.05, 0) is 68.6 Å². The fourth-order valence-corrected chi connectivity index (χ4v) is 3.06. The third-order valence-electron chi connectivity index (χ3n) is 4.52. The second-order valence-corrected chi connectivity index (χ2v) is 6.49. The van der Waals surface area contributed by atoms with Gasteiger partial charge in [-0.15, -0.1) is 0 Å². The fourth-order valence-electron chi connectivity index (χ4n) is 3.06. The Morgan fingerprint density at radius 1 is 1.07 bits per heavy atom. The van der Waals surface area contributed by atoms with Crippen LogP contribution in [0.1, 0.15) is 35.3 Å². The highest BCUT2D eigenvalue weighted by Crippen LogP contribution is 2.17. The normalized spacial score (nSPS) is 10.8. The third-order valence-corrected chi connectivity index (χ3v) is 4.52. The molecule has 1 N–H and O–H groups in total. The molecule has 140 valence electrons. The van der Waals surface area contributed by atoms with E-state index in [1.807, 2.05) is 45.0 Å². The minimum Gasteiger partial charge on any atom is -0.494 e. The molecule has 0 unspecified atom stereocenters. The predicted octanol–water partition coefficient (Wildman–Crippen LogP) is 3.90. The molecule has 5 heteroatoms. The van der Waals surface area contributed by atoms with Crippen molar-refractivity contribution in [3.05, 3.63) is 75.6 Å². The summed E-state index contributed by atoms with van der Waals surface area (Å²) in [5.74, 6) is 0.628. The molecule has 0 aliphatic heterocycles. The van der Waals surface area contributed by atoms with Crippen molar-refractivity contribution in [1.82, 2.24) is 9.88 Å². The molecule has 0 radical (unpaired) electrons. The number of hydrogen-bond donors (Lipinski definition) is 1. The van der Waals surface area contributed by atoms with E-state index >= 15 is 0 Å². The lowest BCUT2D eigenvalue weighted by atomic mass is 10.1. The number of hydrogen-bond acceptors (Lipinski definition) is 3. The van der Waals surface area contributed by atoms with Crippen LogP contribution >= 0.6 is 0 Å². The van der Waals surface area contributed by atoms with E-state index in [9.17, 15) is 9.59 Å². The van der Waals surface area contributed by atoms with Gasteiger partial charge in [0.15, 0.2) is 0 Å². The first-order valence-corrected chi connectivity index (χ1v) is 9.16. The number of nitrogens with zero attached hydrogens (tertiary/aromatic N) is 1. The van der Waals surface area contributed by atoms with Gasteiger partial charge in [-0.2, -0.15) is 0 Å². The summed E-state index contributed by atoms with van der Waals surface area (Å²) in [5, 5.41) is 0.967. The van der Waals surface area contributed by atoms with Crippen LogP contribution in [0.25, 0.3) is 10.9 Å². The number of H-pyrrole nitrogens is 1. The van der Waals surface area contributed by atoms with Gasteiger partial charge in [0, 0.05) is 23.2 Å². The molecule has 1 amide bonds. The van der Waals surface area contributed by atoms with Gasteiger partial charge in [0.25, 0.3) is 11.5 Å². The average Bonchev–Trinajstić information content (AvgIpc) is 2.67. The number of fused-ring (bicyclic) bond motifs is 1. The minimum atomic E-state index is -0.163. The molecule has 0 spiro atoms. The van der Waals surface area contributed by atoms with Gasteiger partial charge < -0.3 is 14.6 Å². The van der Waals surface area contributed by atoms with Crippen LogP contribution in [-0.4, -0.2) is 28.9 Å². The van der Waals surface area contributed by atoms with Gasteiger partial charge in [0.1, 0.15) is 5.75 Å². The van der Waals surface area contributed by atoms with Crippen molar-refractivity contribution in [1.29, 1.82) is 0 Å². The van der Waals surface area contributed by atoms with Crippen molar-refractivity contribution in [2.24, 2.45) is 0 Å². The summed E-state index contributed by atoms with van der Waals surface area (Å²) in [4.78, 5) is 29.9. The van der Waals surface area contributed by atoms with E-state index in [0.29, 0.717) is 24.3 Å². The van der Waals surface area contributed by atoms with E-state index in [0.717, 1.165) is 22.2 Å². The maximum atomic E-state index is 12.9. The smallest absolute Gasteiger partial charge is 0.254 e. The number of benzene rings is 2. The van der Waals surface area contributed by atoms with E-state index in [2.05, 4.69) is 4.98 Å². The highest BCUT2D eigenvalue weighted by atomic mass is 16.5. The molecule has 3 aromatic rings. The zero-order valence-corrected chi connectivity index (χ0v) is 15.9. The molecule has 0 aliphatic carbocycles. The molecule has 1 heterocycles. The minimum absolute atomic E-state index is 0.107. The van der Waals surface area contributed by atoms with Crippen molar-refractivity contribution < 1.29 is 9.53 Å². The summed E-state index contributed by atoms with van der Waals surface area (Å²) >= 11 is 0. The van der Waals surface area contributed by atoms with Crippen molar-refractivity contribution >= 4 is 16.8 Å². The summed E-state index contributed by atoms with van der Waals surface area (Å²) in [7, 11) is 0. The first-order chi connectivity index (χ1) is 13.0. The van der Waals surface area contributed by atoms with Gasteiger partial charge in [-0.25, -0.2) is 0 Å². The van der Waals surface area contributed by atoms with Crippen LogP contribution in [-0.2, 0) is 6.54 Å². The van der Waals surface area contributed by atoms with E-state index in [4.69, 9.17) is 4.74 Å². The fraction of sp³-hybridized carbons (Fsp3) is 0.273. The van der Waals surface area contributed by atoms with Crippen LogP contribution in [0.5, 0.6) is 5.75 Å². The molecule has 0 fully saturated rings. The summed E-state index contributed by atoms with van der Waals surface area (Å²) in [6.07, 6.45) is 0. The second-order valence-electron chi connectivity index (χ2n) is 6.49. The van der Waals surface area contributed by atoms with E-state index in [-0.39, 0.29) is 18.0 Å². The number of carbonyl (C=O) groups is 1. The van der Waals surface area contributed by atoms with Gasteiger partial charge in [-0.3, -0.25) is 9.59 Å². The molecule has 27 heavy (non-hydrogen) atoms. The van der Waals surface area contributed by atoms with E-state index in [1.165, 1.54) is 0 Å². The summed E-state index contributed by atoms with van der Waals surface area (Å²) in [6, 6.07) is 14.8. The van der Waals surface area contributed by atoms with Crippen LogP contribution in [0.15, 0.2) is 53.3 Å². The van der Waals surface area contributed by atoms with E-state index in [1.54, 1.807) is 29.2 Å². The Morgan fingerprint density at radius 2 is 1.81 bits per heavy atom. The van der Waals surface area contributed by atoms with Gasteiger partial charge in [0.05, 0.1) is 13.2 Å². The topological polar surface area (TPSA) is 62.4 Å². The molecular weight excluding hydrogens is 340 g/mol. The number of rotatable bonds is 6. The maximum absolute atomic E-state index is 12.9. The molecule has 1 aromatic heterocycles. The summed E-state index contributed by atoms with van der Waals surface area (Å²) < 4.78 is 5.42. The lowest BCUT2D eigenvalue weighted by molar-refractivity contribution is 0.0752. The number of pyridine rings is 1. The molecule has 0 aliphatic rings. The Morgan fingerprint density at radius 3 is 2.48 bits per heavy atom. The SMILES string of the molecule is CCOc1ccc(C(=O)N(CC)Cc2cc3cc(C)ccc3[nH]c2=O)cc1. The molecule has 0 saturated heterocycles. The first-order valence-electron chi connectivity index (χ1n) is 9.16. The Labute approximate surface area is 158 Å². The van der Waals surface area contributed by atoms with Gasteiger partial charge >= 0.3 is 0 Å². The van der Waals surface area contributed by atoms with Gasteiger partial charge in [0.2, 0.25) is 0 Å². The van der Waals surface area contributed by atoms with E-state index < -0.39 is 0 Å². The van der Waals surface area contributed by atoms with Crippen LogP contribution in [0, 0.1) is 6.92 Å². The molecule has 0 atom stereocenters. The number of aryl methyl sites for hydroxylation is 1. The third kappa shape index (κ3) is 4.19. The van der Waals surface area contributed by atoms with Crippen LogP contribution in [0.4, 0.5) is 0 Å². The van der Waals surface area contributed by atoms with Crippen molar-refractivity contribution in [3.8, 4) is 5.75 Å². The second kappa shape index (κ2) is 8.08. The number of aromatic nitrogens is 1. The monoisotopic (exact) mass is 364 g/mol. The number of aromatic amines is 1. The Kier molecular flexibility index (Phi) is 5.60. The molecular formula is C22H24N2O3. The zero-order valence-electron chi connectivity index (χ0n) is 15.9. The van der Waals surface area contributed by atoms with Crippen LogP contribution in [0.2, 0.25) is 0 Å². The molecule has 3 rings (SSSR count). The van der Waals surface area contributed by atoms with Gasteiger partial charge in [-0.1, -0.05) is 11.6 Å². The van der Waals surface area contributed by atoms with Crippen LogP contribution < -0.4 is 10.3 Å². The van der Waals surface area contributed by atoms with Crippen molar-refractivity contribution in [2.45, 2.75) is 27.3 Å². The standard InChI is InChI=1S/C22H24N2O3/c1-4-24(22(26)16-7-9-19(10-8-16)27-5-2)14-18-13-17-12-15(3)6-11-20(17)23-21(18)25/h6-13H,4-5,14H2,1-3H3,(H,23,25). The molecule has 0 bridgehead atoms. The molecule has 0 saturated carbocycles.